The molecular formula is C13H26N2O2. The molecule has 0 spiro atoms. The quantitative estimate of drug-likeness (QED) is 0.760. The number of ether oxygens (including phenoxy) is 1. The molecule has 0 amide bonds. The molecule has 4 nitrogen and oxygen atoms in total. The van der Waals surface area contributed by atoms with Crippen LogP contribution in [0.4, 0.5) is 0 Å². The highest BCUT2D eigenvalue weighted by Crippen LogP contribution is 2.30. The minimum Gasteiger partial charge on any atom is -0.394 e. The van der Waals surface area contributed by atoms with Gasteiger partial charge in [0.2, 0.25) is 0 Å². The summed E-state index contributed by atoms with van der Waals surface area (Å²) in [6, 6.07) is 1.05. The molecule has 2 rings (SSSR count). The number of hydrogen-bond donors (Lipinski definition) is 2. The van der Waals surface area contributed by atoms with Crippen molar-refractivity contribution in [3.05, 3.63) is 0 Å². The molecule has 1 aliphatic heterocycles. The summed E-state index contributed by atoms with van der Waals surface area (Å²) in [7, 11) is 0. The van der Waals surface area contributed by atoms with Gasteiger partial charge in [-0.1, -0.05) is 12.8 Å². The van der Waals surface area contributed by atoms with E-state index in [9.17, 15) is 5.11 Å². The Morgan fingerprint density at radius 1 is 1.35 bits per heavy atom. The first-order valence-electron chi connectivity index (χ1n) is 6.94. The smallest absolute Gasteiger partial charge is 0.0933 e. The molecular weight excluding hydrogens is 216 g/mol. The Hall–Kier alpha value is -0.160. The van der Waals surface area contributed by atoms with E-state index in [0.29, 0.717) is 18.0 Å². The van der Waals surface area contributed by atoms with Crippen LogP contribution in [0.15, 0.2) is 0 Å². The Morgan fingerprint density at radius 3 is 2.82 bits per heavy atom. The van der Waals surface area contributed by atoms with Crippen molar-refractivity contribution in [2.45, 2.75) is 50.8 Å². The predicted octanol–water partition coefficient (Wildman–Crippen LogP) is 0.586. The summed E-state index contributed by atoms with van der Waals surface area (Å²) < 4.78 is 5.61. The van der Waals surface area contributed by atoms with Crippen molar-refractivity contribution in [1.29, 1.82) is 0 Å². The molecule has 1 saturated heterocycles. The molecule has 1 saturated carbocycles. The normalized spacial score (nSPS) is 40.4. The second-order valence-corrected chi connectivity index (χ2v) is 5.53. The van der Waals surface area contributed by atoms with Gasteiger partial charge in [-0.05, 0) is 32.2 Å². The van der Waals surface area contributed by atoms with E-state index >= 15 is 0 Å². The van der Waals surface area contributed by atoms with Crippen molar-refractivity contribution in [3.63, 3.8) is 0 Å². The number of morpholine rings is 1. The average Bonchev–Trinajstić information content (AvgIpc) is 2.39. The lowest BCUT2D eigenvalue weighted by molar-refractivity contribution is -0.102. The Bertz CT molecular complexity index is 237. The molecule has 3 N–H and O–H groups in total. The highest BCUT2D eigenvalue weighted by molar-refractivity contribution is 4.89. The third kappa shape index (κ3) is 2.99. The molecule has 100 valence electrons. The molecule has 4 heteroatoms. The number of aliphatic hydroxyl groups excluding tert-OH is 1. The molecule has 4 unspecified atom stereocenters. The van der Waals surface area contributed by atoms with Gasteiger partial charge in [0.15, 0.2) is 0 Å². The molecule has 0 aromatic heterocycles. The van der Waals surface area contributed by atoms with E-state index in [-0.39, 0.29) is 12.7 Å². The predicted molar refractivity (Wildman–Crippen MR) is 67.8 cm³/mol. The molecule has 0 radical (unpaired) electrons. The van der Waals surface area contributed by atoms with E-state index in [1.54, 1.807) is 0 Å². The standard InChI is InChI=1S/C13H26N2O2/c1-10-9-17-12(8-16)7-15(10)13-5-3-2-4-11(13)6-14/h10-13,16H,2-9,14H2,1H3. The maximum atomic E-state index is 9.24. The van der Waals surface area contributed by atoms with Gasteiger partial charge in [0.25, 0.3) is 0 Å². The van der Waals surface area contributed by atoms with Crippen molar-refractivity contribution in [1.82, 2.24) is 4.90 Å². The largest absolute Gasteiger partial charge is 0.394 e. The highest BCUT2D eigenvalue weighted by Gasteiger charge is 2.35. The van der Waals surface area contributed by atoms with Crippen LogP contribution in [-0.2, 0) is 4.74 Å². The molecule has 0 aromatic rings. The van der Waals surface area contributed by atoms with Crippen LogP contribution in [-0.4, -0.2) is 54.5 Å². The van der Waals surface area contributed by atoms with Crippen LogP contribution in [0.25, 0.3) is 0 Å². The Labute approximate surface area is 104 Å². The second-order valence-electron chi connectivity index (χ2n) is 5.53. The van der Waals surface area contributed by atoms with Crippen molar-refractivity contribution in [2.24, 2.45) is 11.7 Å². The SMILES string of the molecule is CC1COC(CO)CN1C1CCCCC1CN. The van der Waals surface area contributed by atoms with Gasteiger partial charge in [-0.3, -0.25) is 4.90 Å². The summed E-state index contributed by atoms with van der Waals surface area (Å²) in [4.78, 5) is 2.53. The van der Waals surface area contributed by atoms with Crippen LogP contribution in [0.1, 0.15) is 32.6 Å². The van der Waals surface area contributed by atoms with Crippen LogP contribution >= 0.6 is 0 Å². The zero-order valence-electron chi connectivity index (χ0n) is 10.8. The first-order valence-corrected chi connectivity index (χ1v) is 6.94. The molecule has 2 fully saturated rings. The lowest BCUT2D eigenvalue weighted by Crippen LogP contribution is -2.57. The van der Waals surface area contributed by atoms with E-state index in [1.165, 1.54) is 25.7 Å². The lowest BCUT2D eigenvalue weighted by Gasteiger charge is -2.46. The Balaban J connectivity index is 2.01. The fourth-order valence-corrected chi connectivity index (χ4v) is 3.31. The van der Waals surface area contributed by atoms with Gasteiger partial charge < -0.3 is 15.6 Å². The fraction of sp³-hybridized carbons (Fsp3) is 1.00. The first-order chi connectivity index (χ1) is 8.26. The third-order valence-corrected chi connectivity index (χ3v) is 4.36. The third-order valence-electron chi connectivity index (χ3n) is 4.36. The minimum absolute atomic E-state index is 0.00782. The van der Waals surface area contributed by atoms with E-state index in [0.717, 1.165) is 19.7 Å². The van der Waals surface area contributed by atoms with Crippen LogP contribution in [0, 0.1) is 5.92 Å². The zero-order valence-corrected chi connectivity index (χ0v) is 10.8. The van der Waals surface area contributed by atoms with Gasteiger partial charge in [-0.15, -0.1) is 0 Å². The summed E-state index contributed by atoms with van der Waals surface area (Å²) >= 11 is 0. The number of nitrogens with two attached hydrogens (primary N) is 1. The van der Waals surface area contributed by atoms with E-state index < -0.39 is 0 Å². The topological polar surface area (TPSA) is 58.7 Å². The molecule has 1 heterocycles. The maximum absolute atomic E-state index is 9.24. The lowest BCUT2D eigenvalue weighted by atomic mass is 9.82. The highest BCUT2D eigenvalue weighted by atomic mass is 16.5. The van der Waals surface area contributed by atoms with Crippen LogP contribution in [0.3, 0.4) is 0 Å². The Kier molecular flexibility index (Phi) is 4.79. The summed E-state index contributed by atoms with van der Waals surface area (Å²) in [5.41, 5.74) is 5.91. The van der Waals surface area contributed by atoms with Crippen LogP contribution in [0.2, 0.25) is 0 Å². The van der Waals surface area contributed by atoms with E-state index in [1.807, 2.05) is 0 Å². The summed E-state index contributed by atoms with van der Waals surface area (Å²) in [5.74, 6) is 0.628. The van der Waals surface area contributed by atoms with Crippen molar-refractivity contribution < 1.29 is 9.84 Å². The summed E-state index contributed by atoms with van der Waals surface area (Å²) in [5, 5.41) is 9.24. The monoisotopic (exact) mass is 242 g/mol. The molecule has 17 heavy (non-hydrogen) atoms. The van der Waals surface area contributed by atoms with Crippen molar-refractivity contribution in [2.75, 3.05) is 26.3 Å². The summed E-state index contributed by atoms with van der Waals surface area (Å²) in [6.07, 6.45) is 5.14. The Morgan fingerprint density at radius 2 is 2.12 bits per heavy atom. The van der Waals surface area contributed by atoms with Gasteiger partial charge in [0.05, 0.1) is 19.3 Å². The van der Waals surface area contributed by atoms with Gasteiger partial charge in [0, 0.05) is 18.6 Å². The van der Waals surface area contributed by atoms with Gasteiger partial charge >= 0.3 is 0 Å². The molecule has 0 bridgehead atoms. The van der Waals surface area contributed by atoms with Gasteiger partial charge in [0.1, 0.15) is 0 Å². The number of nitrogens with zero attached hydrogens (tertiary/aromatic N) is 1. The molecule has 4 atom stereocenters. The molecule has 0 aromatic carbocycles. The van der Waals surface area contributed by atoms with Gasteiger partial charge in [-0.2, -0.15) is 0 Å². The minimum atomic E-state index is -0.00782. The zero-order chi connectivity index (χ0) is 12.3. The number of hydrogen-bond acceptors (Lipinski definition) is 4. The van der Waals surface area contributed by atoms with E-state index in [4.69, 9.17) is 10.5 Å². The van der Waals surface area contributed by atoms with E-state index in [2.05, 4.69) is 11.8 Å². The van der Waals surface area contributed by atoms with Gasteiger partial charge in [-0.25, -0.2) is 0 Å². The fourth-order valence-electron chi connectivity index (χ4n) is 3.31. The number of rotatable bonds is 3. The molecule has 2 aliphatic rings. The van der Waals surface area contributed by atoms with Crippen molar-refractivity contribution in [3.8, 4) is 0 Å². The second kappa shape index (κ2) is 6.14. The maximum Gasteiger partial charge on any atom is 0.0933 e. The number of aliphatic hydroxyl groups is 1. The average molecular weight is 242 g/mol. The first kappa shape index (κ1) is 13.3. The van der Waals surface area contributed by atoms with Crippen LogP contribution < -0.4 is 5.73 Å². The van der Waals surface area contributed by atoms with Crippen LogP contribution in [0.5, 0.6) is 0 Å². The van der Waals surface area contributed by atoms with Crippen molar-refractivity contribution >= 4 is 0 Å². The molecule has 1 aliphatic carbocycles. The summed E-state index contributed by atoms with van der Waals surface area (Å²) in [6.45, 7) is 4.73.